The van der Waals surface area contributed by atoms with Gasteiger partial charge >= 0.3 is 0 Å². The van der Waals surface area contributed by atoms with Crippen LogP contribution in [0.3, 0.4) is 0 Å². The molecule has 0 amide bonds. The maximum atomic E-state index is 11.4. The second-order valence-electron chi connectivity index (χ2n) is 3.86. The van der Waals surface area contributed by atoms with Crippen molar-refractivity contribution in [2.75, 3.05) is 0 Å². The fourth-order valence-electron chi connectivity index (χ4n) is 1.60. The molecule has 0 unspecified atom stereocenters. The third-order valence-corrected chi connectivity index (χ3v) is 2.51. The van der Waals surface area contributed by atoms with E-state index in [-0.39, 0.29) is 23.6 Å². The number of hydrogen-bond donors (Lipinski definition) is 0. The molecule has 0 aliphatic carbocycles. The molecule has 0 atom stereocenters. The molecule has 19 heavy (non-hydrogen) atoms. The summed E-state index contributed by atoms with van der Waals surface area (Å²) in [6, 6.07) is 7.55. The van der Waals surface area contributed by atoms with Gasteiger partial charge in [-0.3, -0.25) is 14.9 Å². The number of benzene rings is 1. The molecule has 0 fully saturated rings. The van der Waals surface area contributed by atoms with E-state index in [0.717, 1.165) is 0 Å². The number of rotatable bonds is 5. The summed E-state index contributed by atoms with van der Waals surface area (Å²) in [6.45, 7) is 1.47. The minimum absolute atomic E-state index is 0.0296. The molecule has 6 nitrogen and oxygen atoms in total. The topological polar surface area (TPSA) is 82.6 Å². The largest absolute Gasteiger partial charge is 0.486 e. The smallest absolute Gasteiger partial charge is 0.280 e. The summed E-state index contributed by atoms with van der Waals surface area (Å²) in [6.07, 6.45) is 1.52. The third kappa shape index (κ3) is 2.98. The van der Waals surface area contributed by atoms with Crippen LogP contribution in [0.2, 0.25) is 0 Å². The monoisotopic (exact) mass is 261 g/mol. The van der Waals surface area contributed by atoms with Crippen molar-refractivity contribution >= 4 is 11.5 Å². The molecule has 6 heteroatoms. The first-order valence-electron chi connectivity index (χ1n) is 5.52. The van der Waals surface area contributed by atoms with Gasteiger partial charge in [0.1, 0.15) is 18.1 Å². The number of hydrogen-bond acceptors (Lipinski definition) is 5. The van der Waals surface area contributed by atoms with Crippen LogP contribution in [0.4, 0.5) is 5.69 Å². The Hall–Kier alpha value is -2.63. The zero-order valence-corrected chi connectivity index (χ0v) is 10.2. The average Bonchev–Trinajstić information content (AvgIpc) is 2.88. The van der Waals surface area contributed by atoms with Crippen LogP contribution in [0.15, 0.2) is 41.0 Å². The Balaban J connectivity index is 2.20. The van der Waals surface area contributed by atoms with Crippen LogP contribution in [-0.4, -0.2) is 10.7 Å². The van der Waals surface area contributed by atoms with Crippen LogP contribution < -0.4 is 4.74 Å². The fourth-order valence-corrected chi connectivity index (χ4v) is 1.60. The molecule has 1 aromatic heterocycles. The SMILES string of the molecule is CC(=O)c1cc(OCc2ccco2)ccc1[N+](=O)[O-]. The first kappa shape index (κ1) is 12.8. The Kier molecular flexibility index (Phi) is 3.61. The van der Waals surface area contributed by atoms with E-state index in [4.69, 9.17) is 9.15 Å². The van der Waals surface area contributed by atoms with E-state index in [2.05, 4.69) is 0 Å². The standard InChI is InChI=1S/C13H11NO5/c1-9(15)12-7-10(4-5-13(12)14(16)17)19-8-11-3-2-6-18-11/h2-7H,8H2,1H3. The number of ether oxygens (including phenoxy) is 1. The second-order valence-corrected chi connectivity index (χ2v) is 3.86. The zero-order valence-electron chi connectivity index (χ0n) is 10.2. The lowest BCUT2D eigenvalue weighted by molar-refractivity contribution is -0.385. The molecule has 0 N–H and O–H groups in total. The highest BCUT2D eigenvalue weighted by atomic mass is 16.6. The highest BCUT2D eigenvalue weighted by molar-refractivity contribution is 5.98. The number of nitro groups is 1. The molecule has 0 radical (unpaired) electrons. The van der Waals surface area contributed by atoms with Crippen molar-refractivity contribution in [3.8, 4) is 5.75 Å². The van der Waals surface area contributed by atoms with Crippen LogP contribution in [-0.2, 0) is 6.61 Å². The van der Waals surface area contributed by atoms with E-state index in [1.165, 1.54) is 31.4 Å². The normalized spacial score (nSPS) is 10.2. The van der Waals surface area contributed by atoms with Gasteiger partial charge in [0.25, 0.3) is 5.69 Å². The Morgan fingerprint density at radius 3 is 2.79 bits per heavy atom. The molecule has 1 heterocycles. The first-order chi connectivity index (χ1) is 9.08. The van der Waals surface area contributed by atoms with E-state index in [9.17, 15) is 14.9 Å². The van der Waals surface area contributed by atoms with Gasteiger partial charge in [-0.15, -0.1) is 0 Å². The molecule has 0 saturated heterocycles. The average molecular weight is 261 g/mol. The molecule has 0 bridgehead atoms. The number of furan rings is 1. The summed E-state index contributed by atoms with van der Waals surface area (Å²) in [5.41, 5.74) is -0.195. The van der Waals surface area contributed by atoms with Crippen LogP contribution in [0.5, 0.6) is 5.75 Å². The lowest BCUT2D eigenvalue weighted by atomic mass is 10.1. The van der Waals surface area contributed by atoms with Gasteiger partial charge in [-0.1, -0.05) is 0 Å². The van der Waals surface area contributed by atoms with Gasteiger partial charge in [-0.2, -0.15) is 0 Å². The quantitative estimate of drug-likeness (QED) is 0.469. The Labute approximate surface area is 108 Å². The van der Waals surface area contributed by atoms with Crippen LogP contribution in [0.1, 0.15) is 23.0 Å². The van der Waals surface area contributed by atoms with Crippen molar-refractivity contribution in [3.63, 3.8) is 0 Å². The lowest BCUT2D eigenvalue weighted by Crippen LogP contribution is -2.01. The predicted molar refractivity (Wildman–Crippen MR) is 66.1 cm³/mol. The van der Waals surface area contributed by atoms with E-state index in [1.807, 2.05) is 0 Å². The summed E-state index contributed by atoms with van der Waals surface area (Å²) < 4.78 is 10.5. The second kappa shape index (κ2) is 5.34. The summed E-state index contributed by atoms with van der Waals surface area (Å²) in [7, 11) is 0. The maximum absolute atomic E-state index is 11.4. The Bertz CT molecular complexity index is 604. The van der Waals surface area contributed by atoms with Crippen LogP contribution in [0, 0.1) is 10.1 Å². The van der Waals surface area contributed by atoms with Crippen molar-refractivity contribution in [2.24, 2.45) is 0 Å². The van der Waals surface area contributed by atoms with E-state index < -0.39 is 4.92 Å². The van der Waals surface area contributed by atoms with Crippen molar-refractivity contribution in [1.29, 1.82) is 0 Å². The predicted octanol–water partition coefficient (Wildman–Crippen LogP) is 2.97. The summed E-state index contributed by atoms with van der Waals surface area (Å²) >= 11 is 0. The highest BCUT2D eigenvalue weighted by Gasteiger charge is 2.18. The molecule has 2 rings (SSSR count). The highest BCUT2D eigenvalue weighted by Crippen LogP contribution is 2.25. The van der Waals surface area contributed by atoms with Gasteiger partial charge in [0.2, 0.25) is 0 Å². The first-order valence-corrected chi connectivity index (χ1v) is 5.52. The third-order valence-electron chi connectivity index (χ3n) is 2.51. The summed E-state index contributed by atoms with van der Waals surface area (Å²) in [5, 5.41) is 10.8. The van der Waals surface area contributed by atoms with Gasteiger partial charge in [0, 0.05) is 6.07 Å². The molecular weight excluding hydrogens is 250 g/mol. The molecule has 98 valence electrons. The number of carbonyl (C=O) groups excluding carboxylic acids is 1. The van der Waals surface area contributed by atoms with Crippen molar-refractivity contribution in [3.05, 3.63) is 58.0 Å². The number of carbonyl (C=O) groups is 1. The summed E-state index contributed by atoms with van der Waals surface area (Å²) in [4.78, 5) is 21.6. The number of ketones is 1. The fraction of sp³-hybridized carbons (Fsp3) is 0.154. The van der Waals surface area contributed by atoms with Gasteiger partial charge in [-0.05, 0) is 31.2 Å². The minimum atomic E-state index is -0.590. The van der Waals surface area contributed by atoms with Crippen LogP contribution in [0.25, 0.3) is 0 Å². The molecule has 2 aromatic rings. The van der Waals surface area contributed by atoms with Crippen molar-refractivity contribution < 1.29 is 18.9 Å². The van der Waals surface area contributed by atoms with Gasteiger partial charge in [0.15, 0.2) is 5.78 Å². The van der Waals surface area contributed by atoms with Gasteiger partial charge < -0.3 is 9.15 Å². The van der Waals surface area contributed by atoms with Crippen LogP contribution >= 0.6 is 0 Å². The molecular formula is C13H11NO5. The van der Waals surface area contributed by atoms with E-state index in [1.54, 1.807) is 12.1 Å². The number of nitro benzene ring substituents is 1. The minimum Gasteiger partial charge on any atom is -0.486 e. The van der Waals surface area contributed by atoms with E-state index >= 15 is 0 Å². The Morgan fingerprint density at radius 1 is 1.42 bits per heavy atom. The van der Waals surface area contributed by atoms with Gasteiger partial charge in [0.05, 0.1) is 16.7 Å². The van der Waals surface area contributed by atoms with Crippen molar-refractivity contribution in [2.45, 2.75) is 13.5 Å². The molecule has 0 aliphatic rings. The van der Waals surface area contributed by atoms with Crippen molar-refractivity contribution in [1.82, 2.24) is 0 Å². The maximum Gasteiger partial charge on any atom is 0.280 e. The molecule has 0 saturated carbocycles. The van der Waals surface area contributed by atoms with Gasteiger partial charge in [-0.25, -0.2) is 0 Å². The number of nitrogens with zero attached hydrogens (tertiary/aromatic N) is 1. The lowest BCUT2D eigenvalue weighted by Gasteiger charge is -2.06. The van der Waals surface area contributed by atoms with E-state index in [0.29, 0.717) is 11.5 Å². The molecule has 0 aliphatic heterocycles. The molecule has 1 aromatic carbocycles. The Morgan fingerprint density at radius 2 is 2.21 bits per heavy atom. The zero-order chi connectivity index (χ0) is 13.8. The summed E-state index contributed by atoms with van der Waals surface area (Å²) in [5.74, 6) is 0.630. The molecule has 0 spiro atoms. The number of Topliss-reactive ketones (excluding diaryl/α,β-unsaturated/α-hetero) is 1.